The molecule has 0 aromatic heterocycles. The number of hydrogen-bond acceptors (Lipinski definition) is 5. The molecule has 2 rings (SSSR count). The van der Waals surface area contributed by atoms with Gasteiger partial charge >= 0.3 is 6.18 Å². The van der Waals surface area contributed by atoms with E-state index in [9.17, 15) is 22.8 Å². The second kappa shape index (κ2) is 9.33. The number of aliphatic imine (C=N–C) groups is 1. The number of hydrogen-bond donors (Lipinski definition) is 1. The summed E-state index contributed by atoms with van der Waals surface area (Å²) in [5.74, 6) is -0.588. The molecule has 28 heavy (non-hydrogen) atoms. The highest BCUT2D eigenvalue weighted by atomic mass is 79.9. The van der Waals surface area contributed by atoms with Crippen LogP contribution in [0, 0.1) is 0 Å². The van der Waals surface area contributed by atoms with Gasteiger partial charge in [-0.25, -0.2) is 0 Å². The SMILES string of the molecule is CN=CC(Br)=C(N)C(=O)N1CCN(CC(=O)c2ccc(C(F)(F)F)cc2)CC1. The van der Waals surface area contributed by atoms with Crippen molar-refractivity contribution in [1.29, 1.82) is 0 Å². The molecule has 1 aromatic rings. The number of alkyl halides is 3. The standard InChI is InChI=1S/C18H20BrF3N4O2/c1-24-10-14(19)16(23)17(28)26-8-6-25(7-9-26)11-15(27)12-2-4-13(5-3-12)18(20,21)22/h2-5,10H,6-9,11,23H2,1H3. The lowest BCUT2D eigenvalue weighted by Gasteiger charge is -2.34. The molecule has 2 N–H and O–H groups in total. The van der Waals surface area contributed by atoms with Gasteiger partial charge in [0.1, 0.15) is 5.70 Å². The molecule has 0 saturated carbocycles. The lowest BCUT2D eigenvalue weighted by molar-refractivity contribution is -0.137. The maximum absolute atomic E-state index is 12.6. The van der Waals surface area contributed by atoms with Gasteiger partial charge in [0.15, 0.2) is 5.78 Å². The maximum Gasteiger partial charge on any atom is 0.416 e. The Balaban J connectivity index is 1.91. The van der Waals surface area contributed by atoms with Crippen LogP contribution in [0.1, 0.15) is 15.9 Å². The van der Waals surface area contributed by atoms with Crippen molar-refractivity contribution in [3.05, 3.63) is 45.6 Å². The average Bonchev–Trinajstić information content (AvgIpc) is 2.67. The Kier molecular flexibility index (Phi) is 7.36. The Bertz CT molecular complexity index is 783. The van der Waals surface area contributed by atoms with Gasteiger partial charge < -0.3 is 10.6 Å². The fraction of sp³-hybridized carbons (Fsp3) is 0.389. The fourth-order valence-electron chi connectivity index (χ4n) is 2.70. The molecule has 0 unspecified atom stereocenters. The summed E-state index contributed by atoms with van der Waals surface area (Å²) in [5, 5.41) is 0. The van der Waals surface area contributed by atoms with E-state index in [2.05, 4.69) is 20.9 Å². The summed E-state index contributed by atoms with van der Waals surface area (Å²) >= 11 is 3.19. The minimum atomic E-state index is -4.43. The maximum atomic E-state index is 12.6. The number of Topliss-reactive ketones (excluding diaryl/α,β-unsaturated/α-hetero) is 1. The monoisotopic (exact) mass is 460 g/mol. The van der Waals surface area contributed by atoms with Crippen molar-refractivity contribution in [3.63, 3.8) is 0 Å². The summed E-state index contributed by atoms with van der Waals surface area (Å²) in [4.78, 5) is 31.9. The summed E-state index contributed by atoms with van der Waals surface area (Å²) < 4.78 is 38.2. The Labute approximate surface area is 169 Å². The molecular formula is C18H20BrF3N4O2. The van der Waals surface area contributed by atoms with Gasteiger partial charge in [0.25, 0.3) is 5.91 Å². The number of halogens is 4. The smallest absolute Gasteiger partial charge is 0.393 e. The Hall–Kier alpha value is -2.20. The van der Waals surface area contributed by atoms with Crippen LogP contribution < -0.4 is 5.73 Å². The van der Waals surface area contributed by atoms with Crippen molar-refractivity contribution < 1.29 is 22.8 Å². The van der Waals surface area contributed by atoms with Crippen LogP contribution in [0.4, 0.5) is 13.2 Å². The zero-order chi connectivity index (χ0) is 20.9. The summed E-state index contributed by atoms with van der Waals surface area (Å²) in [7, 11) is 1.56. The third kappa shape index (κ3) is 5.65. The number of carbonyl (C=O) groups excluding carboxylic acids is 2. The third-order valence-corrected chi connectivity index (χ3v) is 4.92. The van der Waals surface area contributed by atoms with Crippen molar-refractivity contribution in [1.82, 2.24) is 9.80 Å². The van der Waals surface area contributed by atoms with E-state index < -0.39 is 11.7 Å². The molecule has 1 aliphatic heterocycles. The van der Waals surface area contributed by atoms with E-state index >= 15 is 0 Å². The topological polar surface area (TPSA) is 79.0 Å². The number of amides is 1. The quantitative estimate of drug-likeness (QED) is 0.415. The second-order valence-corrected chi connectivity index (χ2v) is 7.07. The van der Waals surface area contributed by atoms with E-state index in [4.69, 9.17) is 5.73 Å². The van der Waals surface area contributed by atoms with Gasteiger partial charge in [-0.2, -0.15) is 13.2 Å². The molecule has 6 nitrogen and oxygen atoms in total. The first kappa shape index (κ1) is 22.1. The van der Waals surface area contributed by atoms with Crippen molar-refractivity contribution in [2.45, 2.75) is 6.18 Å². The molecule has 1 heterocycles. The first-order valence-electron chi connectivity index (χ1n) is 8.43. The summed E-state index contributed by atoms with van der Waals surface area (Å²) in [6.07, 6.45) is -3.00. The normalized spacial score (nSPS) is 17.0. The molecule has 1 amide bonds. The van der Waals surface area contributed by atoms with E-state index in [1.54, 1.807) is 11.9 Å². The minimum Gasteiger partial charge on any atom is -0.393 e. The highest BCUT2D eigenvalue weighted by Gasteiger charge is 2.30. The molecule has 152 valence electrons. The van der Waals surface area contributed by atoms with Crippen LogP contribution in [0.5, 0.6) is 0 Å². The largest absolute Gasteiger partial charge is 0.416 e. The summed E-state index contributed by atoms with van der Waals surface area (Å²) in [5.41, 5.74) is 5.30. The lowest BCUT2D eigenvalue weighted by Crippen LogP contribution is -2.50. The van der Waals surface area contributed by atoms with Gasteiger partial charge in [0.05, 0.1) is 16.6 Å². The number of carbonyl (C=O) groups is 2. The number of benzene rings is 1. The number of ketones is 1. The molecule has 10 heteroatoms. The molecule has 0 aliphatic carbocycles. The fourth-order valence-corrected chi connectivity index (χ4v) is 3.08. The van der Waals surface area contributed by atoms with E-state index in [-0.39, 0.29) is 29.5 Å². The Morgan fingerprint density at radius 3 is 2.25 bits per heavy atom. The molecule has 1 saturated heterocycles. The van der Waals surface area contributed by atoms with Crippen LogP contribution in [0.2, 0.25) is 0 Å². The van der Waals surface area contributed by atoms with Gasteiger partial charge in [-0.1, -0.05) is 12.1 Å². The Morgan fingerprint density at radius 2 is 1.75 bits per heavy atom. The number of nitrogens with two attached hydrogens (primary N) is 1. The zero-order valence-corrected chi connectivity index (χ0v) is 16.8. The van der Waals surface area contributed by atoms with Gasteiger partial charge in [-0.05, 0) is 28.1 Å². The summed E-state index contributed by atoms with van der Waals surface area (Å²) in [6, 6.07) is 4.17. The van der Waals surface area contributed by atoms with E-state index in [0.717, 1.165) is 12.1 Å². The van der Waals surface area contributed by atoms with Crippen molar-refractivity contribution in [2.24, 2.45) is 10.7 Å². The first-order valence-corrected chi connectivity index (χ1v) is 9.22. The molecule has 1 aliphatic rings. The molecule has 1 aromatic carbocycles. The first-order chi connectivity index (χ1) is 13.1. The highest BCUT2D eigenvalue weighted by molar-refractivity contribution is 9.12. The van der Waals surface area contributed by atoms with E-state index in [1.165, 1.54) is 18.3 Å². The van der Waals surface area contributed by atoms with Crippen LogP contribution in [-0.2, 0) is 11.0 Å². The van der Waals surface area contributed by atoms with Crippen LogP contribution in [0.25, 0.3) is 0 Å². The molecule has 0 atom stereocenters. The summed E-state index contributed by atoms with van der Waals surface area (Å²) in [6.45, 7) is 1.79. The van der Waals surface area contributed by atoms with Crippen molar-refractivity contribution in [2.75, 3.05) is 39.8 Å². The molecular weight excluding hydrogens is 441 g/mol. The molecule has 0 bridgehead atoms. The van der Waals surface area contributed by atoms with Gasteiger partial charge in [-0.3, -0.25) is 19.5 Å². The number of allylic oxidation sites excluding steroid dienone is 1. The molecule has 1 fully saturated rings. The van der Waals surface area contributed by atoms with Crippen LogP contribution in [-0.4, -0.2) is 67.5 Å². The van der Waals surface area contributed by atoms with Crippen molar-refractivity contribution >= 4 is 33.8 Å². The van der Waals surface area contributed by atoms with E-state index in [0.29, 0.717) is 30.7 Å². The van der Waals surface area contributed by atoms with Crippen molar-refractivity contribution in [3.8, 4) is 0 Å². The van der Waals surface area contributed by atoms with Crippen LogP contribution in [0.3, 0.4) is 0 Å². The minimum absolute atomic E-state index is 0.0554. The van der Waals surface area contributed by atoms with Gasteiger partial charge in [-0.15, -0.1) is 0 Å². The second-order valence-electron chi connectivity index (χ2n) is 6.22. The van der Waals surface area contributed by atoms with Crippen LogP contribution in [0.15, 0.2) is 39.4 Å². The van der Waals surface area contributed by atoms with Gasteiger partial charge in [0.2, 0.25) is 0 Å². The number of rotatable bonds is 5. The average molecular weight is 461 g/mol. The van der Waals surface area contributed by atoms with E-state index in [1.807, 2.05) is 4.90 Å². The Morgan fingerprint density at radius 1 is 1.18 bits per heavy atom. The number of piperazine rings is 1. The predicted octanol–water partition coefficient (Wildman–Crippen LogP) is 2.30. The molecule has 0 spiro atoms. The predicted molar refractivity (Wildman–Crippen MR) is 103 cm³/mol. The van der Waals surface area contributed by atoms with Gasteiger partial charge in [0, 0.05) is 45.0 Å². The highest BCUT2D eigenvalue weighted by Crippen LogP contribution is 2.29. The lowest BCUT2D eigenvalue weighted by atomic mass is 10.1. The third-order valence-electron chi connectivity index (χ3n) is 4.29. The van der Waals surface area contributed by atoms with Crippen LogP contribution >= 0.6 is 15.9 Å². The zero-order valence-electron chi connectivity index (χ0n) is 15.2. The molecule has 0 radical (unpaired) electrons. The number of nitrogens with zero attached hydrogens (tertiary/aromatic N) is 3.